The third kappa shape index (κ3) is 4.37. The predicted molar refractivity (Wildman–Crippen MR) is 114 cm³/mol. The van der Waals surface area contributed by atoms with Crippen molar-refractivity contribution in [2.45, 2.75) is 13.5 Å². The van der Waals surface area contributed by atoms with E-state index < -0.39 is 0 Å². The van der Waals surface area contributed by atoms with Crippen LogP contribution in [0.25, 0.3) is 11.3 Å². The molecule has 2 aromatic carbocycles. The number of carbonyl (C=O) groups excluding carboxylic acids is 1. The Morgan fingerprint density at radius 1 is 0.931 bits per heavy atom. The maximum atomic E-state index is 12.8. The summed E-state index contributed by atoms with van der Waals surface area (Å²) >= 11 is 0. The Hall–Kier alpha value is -3.41. The van der Waals surface area contributed by atoms with Gasteiger partial charge in [0.1, 0.15) is 6.54 Å². The van der Waals surface area contributed by atoms with Crippen LogP contribution in [0, 0.1) is 6.92 Å². The summed E-state index contributed by atoms with van der Waals surface area (Å²) in [6, 6.07) is 21.2. The Labute approximate surface area is 170 Å². The largest absolute Gasteiger partial charge is 0.368 e. The molecule has 2 heterocycles. The smallest absolute Gasteiger partial charge is 0.267 e. The molecule has 0 aliphatic carbocycles. The van der Waals surface area contributed by atoms with Gasteiger partial charge in [-0.05, 0) is 30.7 Å². The van der Waals surface area contributed by atoms with Gasteiger partial charge in [0.2, 0.25) is 5.91 Å². The number of aromatic nitrogens is 2. The lowest BCUT2D eigenvalue weighted by molar-refractivity contribution is -0.132. The molecule has 0 spiro atoms. The summed E-state index contributed by atoms with van der Waals surface area (Å²) in [6.45, 7) is 4.88. The van der Waals surface area contributed by atoms with Gasteiger partial charge in [-0.2, -0.15) is 5.10 Å². The normalized spacial score (nSPS) is 14.1. The molecule has 6 heteroatoms. The molecule has 0 bridgehead atoms. The van der Waals surface area contributed by atoms with Crippen molar-refractivity contribution >= 4 is 11.6 Å². The molecule has 1 aliphatic heterocycles. The van der Waals surface area contributed by atoms with Crippen molar-refractivity contribution in [3.05, 3.63) is 82.6 Å². The number of hydrogen-bond acceptors (Lipinski definition) is 4. The van der Waals surface area contributed by atoms with Crippen LogP contribution in [0.1, 0.15) is 5.56 Å². The standard InChI is InChI=1S/C23H24N4O2/c1-18-6-5-9-20(16-18)25-12-14-26(15-13-25)23(29)17-27-22(28)11-10-21(24-27)19-7-3-2-4-8-19/h2-11,16H,12-15,17H2,1H3. The third-order valence-corrected chi connectivity index (χ3v) is 5.22. The molecule has 1 aromatic heterocycles. The van der Waals surface area contributed by atoms with Gasteiger partial charge in [0.15, 0.2) is 0 Å². The number of aryl methyl sites for hydroxylation is 1. The summed E-state index contributed by atoms with van der Waals surface area (Å²) in [5, 5.41) is 4.40. The molecule has 6 nitrogen and oxygen atoms in total. The van der Waals surface area contributed by atoms with E-state index >= 15 is 0 Å². The van der Waals surface area contributed by atoms with E-state index in [1.165, 1.54) is 22.0 Å². The van der Waals surface area contributed by atoms with Gasteiger partial charge in [-0.15, -0.1) is 0 Å². The molecule has 0 atom stereocenters. The van der Waals surface area contributed by atoms with E-state index in [1.54, 1.807) is 6.07 Å². The predicted octanol–water partition coefficient (Wildman–Crippen LogP) is 2.57. The van der Waals surface area contributed by atoms with Crippen LogP contribution in [0.4, 0.5) is 5.69 Å². The number of rotatable bonds is 4. The lowest BCUT2D eigenvalue weighted by Gasteiger charge is -2.36. The average Bonchev–Trinajstić information content (AvgIpc) is 2.76. The summed E-state index contributed by atoms with van der Waals surface area (Å²) in [4.78, 5) is 29.1. The van der Waals surface area contributed by atoms with Crippen molar-refractivity contribution in [1.82, 2.24) is 14.7 Å². The summed E-state index contributed by atoms with van der Waals surface area (Å²) < 4.78 is 1.26. The average molecular weight is 388 g/mol. The summed E-state index contributed by atoms with van der Waals surface area (Å²) in [5.41, 5.74) is 3.74. The Morgan fingerprint density at radius 3 is 2.41 bits per heavy atom. The van der Waals surface area contributed by atoms with Gasteiger partial charge < -0.3 is 9.80 Å². The molecule has 148 valence electrons. The molecule has 3 aromatic rings. The number of carbonyl (C=O) groups is 1. The van der Waals surface area contributed by atoms with E-state index in [0.717, 1.165) is 18.7 Å². The van der Waals surface area contributed by atoms with E-state index in [0.29, 0.717) is 18.8 Å². The Kier molecular flexibility index (Phi) is 5.42. The van der Waals surface area contributed by atoms with Crippen LogP contribution in [-0.2, 0) is 11.3 Å². The molecule has 1 amide bonds. The van der Waals surface area contributed by atoms with Crippen LogP contribution in [0.5, 0.6) is 0 Å². The first kappa shape index (κ1) is 18.9. The summed E-state index contributed by atoms with van der Waals surface area (Å²) in [6.07, 6.45) is 0. The minimum Gasteiger partial charge on any atom is -0.368 e. The van der Waals surface area contributed by atoms with Gasteiger partial charge in [0.05, 0.1) is 5.69 Å². The monoisotopic (exact) mass is 388 g/mol. The van der Waals surface area contributed by atoms with Crippen LogP contribution in [-0.4, -0.2) is 46.8 Å². The van der Waals surface area contributed by atoms with Gasteiger partial charge in [-0.25, -0.2) is 4.68 Å². The Balaban J connectivity index is 1.42. The van der Waals surface area contributed by atoms with Gasteiger partial charge >= 0.3 is 0 Å². The topological polar surface area (TPSA) is 58.4 Å². The lowest BCUT2D eigenvalue weighted by Crippen LogP contribution is -2.50. The van der Waals surface area contributed by atoms with E-state index in [9.17, 15) is 9.59 Å². The van der Waals surface area contributed by atoms with Crippen LogP contribution >= 0.6 is 0 Å². The molecule has 4 rings (SSSR count). The molecule has 29 heavy (non-hydrogen) atoms. The minimum absolute atomic E-state index is 0.0377. The molecule has 1 aliphatic rings. The number of anilines is 1. The number of hydrogen-bond donors (Lipinski definition) is 0. The second-order valence-electron chi connectivity index (χ2n) is 7.29. The van der Waals surface area contributed by atoms with Crippen molar-refractivity contribution < 1.29 is 4.79 Å². The van der Waals surface area contributed by atoms with E-state index in [4.69, 9.17) is 0 Å². The first-order chi connectivity index (χ1) is 14.1. The van der Waals surface area contributed by atoms with E-state index in [1.807, 2.05) is 35.2 Å². The molecule has 0 unspecified atom stereocenters. The van der Waals surface area contributed by atoms with Gasteiger partial charge in [-0.1, -0.05) is 42.5 Å². The van der Waals surface area contributed by atoms with Crippen molar-refractivity contribution in [3.8, 4) is 11.3 Å². The van der Waals surface area contributed by atoms with Crippen LogP contribution < -0.4 is 10.5 Å². The Bertz CT molecular complexity index is 1050. The highest BCUT2D eigenvalue weighted by Gasteiger charge is 2.22. The fourth-order valence-electron chi connectivity index (χ4n) is 3.59. The first-order valence-corrected chi connectivity index (χ1v) is 9.83. The fourth-order valence-corrected chi connectivity index (χ4v) is 3.59. The van der Waals surface area contributed by atoms with Crippen LogP contribution in [0.3, 0.4) is 0 Å². The minimum atomic E-state index is -0.267. The van der Waals surface area contributed by atoms with Crippen LogP contribution in [0.2, 0.25) is 0 Å². The Morgan fingerprint density at radius 2 is 1.69 bits per heavy atom. The van der Waals surface area contributed by atoms with Crippen molar-refractivity contribution in [3.63, 3.8) is 0 Å². The molecular formula is C23H24N4O2. The maximum Gasteiger partial charge on any atom is 0.267 e. The van der Waals surface area contributed by atoms with Gasteiger partial charge in [0.25, 0.3) is 5.56 Å². The molecule has 1 saturated heterocycles. The van der Waals surface area contributed by atoms with E-state index in [2.05, 4.69) is 41.2 Å². The molecule has 1 fully saturated rings. The van der Waals surface area contributed by atoms with Crippen molar-refractivity contribution in [1.29, 1.82) is 0 Å². The molecular weight excluding hydrogens is 364 g/mol. The SMILES string of the molecule is Cc1cccc(N2CCN(C(=O)Cn3nc(-c4ccccc4)ccc3=O)CC2)c1. The van der Waals surface area contributed by atoms with Gasteiger partial charge in [0, 0.05) is 43.5 Å². The number of amides is 1. The lowest BCUT2D eigenvalue weighted by atomic mass is 10.1. The number of piperazine rings is 1. The maximum absolute atomic E-state index is 12.8. The van der Waals surface area contributed by atoms with Gasteiger partial charge in [-0.3, -0.25) is 9.59 Å². The van der Waals surface area contributed by atoms with Crippen molar-refractivity contribution in [2.75, 3.05) is 31.1 Å². The van der Waals surface area contributed by atoms with Crippen molar-refractivity contribution in [2.24, 2.45) is 0 Å². The zero-order chi connectivity index (χ0) is 20.2. The second-order valence-corrected chi connectivity index (χ2v) is 7.29. The quantitative estimate of drug-likeness (QED) is 0.689. The zero-order valence-electron chi connectivity index (χ0n) is 16.5. The highest BCUT2D eigenvalue weighted by Crippen LogP contribution is 2.18. The van der Waals surface area contributed by atoms with Crippen LogP contribution in [0.15, 0.2) is 71.5 Å². The summed E-state index contributed by atoms with van der Waals surface area (Å²) in [5.74, 6) is -0.0753. The molecule has 0 N–H and O–H groups in total. The second kappa shape index (κ2) is 8.31. The van der Waals surface area contributed by atoms with E-state index in [-0.39, 0.29) is 18.0 Å². The molecule has 0 saturated carbocycles. The highest BCUT2D eigenvalue weighted by molar-refractivity contribution is 5.76. The number of nitrogens with zero attached hydrogens (tertiary/aromatic N) is 4. The summed E-state index contributed by atoms with van der Waals surface area (Å²) in [7, 11) is 0. The highest BCUT2D eigenvalue weighted by atomic mass is 16.2. The number of benzene rings is 2. The zero-order valence-corrected chi connectivity index (χ0v) is 16.5. The first-order valence-electron chi connectivity index (χ1n) is 9.83. The molecule has 0 radical (unpaired) electrons. The third-order valence-electron chi connectivity index (χ3n) is 5.22. The fraction of sp³-hybridized carbons (Fsp3) is 0.261.